The van der Waals surface area contributed by atoms with Gasteiger partial charge in [-0.05, 0) is 24.9 Å². The number of hydrogen-bond acceptors (Lipinski definition) is 4. The van der Waals surface area contributed by atoms with Crippen molar-refractivity contribution in [3.8, 4) is 11.5 Å². The van der Waals surface area contributed by atoms with Crippen LogP contribution in [0.3, 0.4) is 0 Å². The summed E-state index contributed by atoms with van der Waals surface area (Å²) in [6, 6.07) is 14.9. The van der Waals surface area contributed by atoms with Crippen LogP contribution in [0.2, 0.25) is 0 Å². The first-order chi connectivity index (χ1) is 13.2. The maximum absolute atomic E-state index is 12.7. The zero-order valence-electron chi connectivity index (χ0n) is 14.7. The molecule has 2 N–H and O–H groups in total. The summed E-state index contributed by atoms with van der Waals surface area (Å²) in [7, 11) is 0. The van der Waals surface area contributed by atoms with E-state index >= 15 is 0 Å². The van der Waals surface area contributed by atoms with Gasteiger partial charge in [0.2, 0.25) is 5.91 Å². The first-order valence-corrected chi connectivity index (χ1v) is 8.42. The van der Waals surface area contributed by atoms with Crippen LogP contribution in [0.1, 0.15) is 11.1 Å². The highest BCUT2D eigenvalue weighted by molar-refractivity contribution is 6.06. The van der Waals surface area contributed by atoms with Crippen LogP contribution in [0.15, 0.2) is 71.9 Å². The van der Waals surface area contributed by atoms with Crippen molar-refractivity contribution < 1.29 is 14.3 Å². The average Bonchev–Trinajstić information content (AvgIpc) is 2.71. The highest BCUT2D eigenvalue weighted by Gasteiger charge is 2.26. The lowest BCUT2D eigenvalue weighted by Crippen LogP contribution is -2.34. The van der Waals surface area contributed by atoms with Crippen LogP contribution in [0, 0.1) is 0 Å². The van der Waals surface area contributed by atoms with Gasteiger partial charge in [0.05, 0.1) is 0 Å². The minimum atomic E-state index is -0.376. The molecule has 1 aliphatic heterocycles. The molecule has 6 heteroatoms. The number of carbonyl (C=O) groups excluding carboxylic acids is 2. The van der Waals surface area contributed by atoms with E-state index in [1.54, 1.807) is 0 Å². The van der Waals surface area contributed by atoms with E-state index in [9.17, 15) is 9.59 Å². The number of nitrogens with one attached hydrogen (secondary N) is 2. The topological polar surface area (TPSA) is 79.8 Å². The van der Waals surface area contributed by atoms with Gasteiger partial charge in [-0.25, -0.2) is 0 Å². The highest BCUT2D eigenvalue weighted by Crippen LogP contribution is 2.44. The molecule has 2 aromatic carbocycles. The van der Waals surface area contributed by atoms with Crippen LogP contribution in [0.25, 0.3) is 5.57 Å². The predicted octanol–water partition coefficient (Wildman–Crippen LogP) is 2.67. The molecule has 0 aliphatic carbocycles. The fourth-order valence-corrected chi connectivity index (χ4v) is 2.83. The number of carbonyl (C=O) groups is 2. The summed E-state index contributed by atoms with van der Waals surface area (Å²) in [5.74, 6) is 0.633. The van der Waals surface area contributed by atoms with Crippen molar-refractivity contribution in [2.75, 3.05) is 13.1 Å². The van der Waals surface area contributed by atoms with Crippen molar-refractivity contribution in [2.24, 2.45) is 4.99 Å². The van der Waals surface area contributed by atoms with E-state index < -0.39 is 0 Å². The number of rotatable bonds is 6. The van der Waals surface area contributed by atoms with Crippen molar-refractivity contribution in [2.45, 2.75) is 0 Å². The number of nitrogens with zero attached hydrogens (tertiary/aromatic N) is 1. The van der Waals surface area contributed by atoms with Gasteiger partial charge in [-0.3, -0.25) is 14.6 Å². The quantitative estimate of drug-likeness (QED) is 0.402. The second-order valence-electron chi connectivity index (χ2n) is 5.73. The number of para-hydroxylation sites is 2. The Hall–Kier alpha value is -3.67. The van der Waals surface area contributed by atoms with Gasteiger partial charge in [-0.1, -0.05) is 43.0 Å². The molecule has 0 saturated carbocycles. The summed E-state index contributed by atoms with van der Waals surface area (Å²) in [5, 5.41) is 5.35. The number of fused-ring (bicyclic) bond motifs is 2. The molecule has 6 nitrogen and oxygen atoms in total. The van der Waals surface area contributed by atoms with Crippen molar-refractivity contribution in [1.82, 2.24) is 10.6 Å². The van der Waals surface area contributed by atoms with E-state index in [2.05, 4.69) is 28.9 Å². The van der Waals surface area contributed by atoms with Gasteiger partial charge in [0, 0.05) is 29.8 Å². The molecule has 2 amide bonds. The van der Waals surface area contributed by atoms with Crippen LogP contribution in [-0.4, -0.2) is 31.6 Å². The lowest BCUT2D eigenvalue weighted by Gasteiger charge is -2.24. The maximum atomic E-state index is 12.7. The molecule has 27 heavy (non-hydrogen) atoms. The summed E-state index contributed by atoms with van der Waals surface area (Å²) < 4.78 is 5.93. The molecular weight excluding hydrogens is 342 g/mol. The zero-order chi connectivity index (χ0) is 19.2. The van der Waals surface area contributed by atoms with E-state index in [1.165, 1.54) is 6.08 Å². The highest BCUT2D eigenvalue weighted by atomic mass is 16.5. The molecule has 3 rings (SSSR count). The molecular formula is C21H19N3O3. The van der Waals surface area contributed by atoms with Crippen molar-refractivity contribution in [3.63, 3.8) is 0 Å². The minimum Gasteiger partial charge on any atom is -0.456 e. The van der Waals surface area contributed by atoms with E-state index in [1.807, 2.05) is 48.5 Å². The lowest BCUT2D eigenvalue weighted by molar-refractivity contribution is -0.118. The van der Waals surface area contributed by atoms with Gasteiger partial charge < -0.3 is 15.4 Å². The van der Waals surface area contributed by atoms with Gasteiger partial charge in [0.25, 0.3) is 5.91 Å². The first-order valence-electron chi connectivity index (χ1n) is 8.42. The van der Waals surface area contributed by atoms with Crippen LogP contribution in [-0.2, 0) is 9.59 Å². The van der Waals surface area contributed by atoms with Crippen LogP contribution in [0.5, 0.6) is 11.5 Å². The van der Waals surface area contributed by atoms with Crippen molar-refractivity contribution in [1.29, 1.82) is 0 Å². The third-order valence-electron chi connectivity index (χ3n) is 4.04. The molecule has 0 bridgehead atoms. The van der Waals surface area contributed by atoms with E-state index in [0.717, 1.165) is 11.1 Å². The molecule has 2 aromatic rings. The van der Waals surface area contributed by atoms with Gasteiger partial charge in [0.15, 0.2) is 0 Å². The van der Waals surface area contributed by atoms with Gasteiger partial charge in [-0.2, -0.15) is 0 Å². The number of aliphatic imine (C=N–C) groups is 1. The van der Waals surface area contributed by atoms with E-state index in [4.69, 9.17) is 4.74 Å². The van der Waals surface area contributed by atoms with Gasteiger partial charge in [0.1, 0.15) is 17.2 Å². The zero-order valence-corrected chi connectivity index (χ0v) is 14.7. The molecule has 136 valence electrons. The fraction of sp³-hybridized carbons (Fsp3) is 0.0952. The summed E-state index contributed by atoms with van der Waals surface area (Å²) in [6.45, 7) is 7.50. The number of benzene rings is 2. The second kappa shape index (κ2) is 8.14. The van der Waals surface area contributed by atoms with E-state index in [-0.39, 0.29) is 30.6 Å². The normalized spacial score (nSPS) is 11.3. The number of hydrogen-bond donors (Lipinski definition) is 2. The largest absolute Gasteiger partial charge is 0.456 e. The third kappa shape index (κ3) is 3.79. The SMILES string of the molecule is C=CC(=O)NCCNC(=O)C(N=C)=C1c2ccccc2Oc2ccccc21. The van der Waals surface area contributed by atoms with Crippen molar-refractivity contribution in [3.05, 3.63) is 78.0 Å². The van der Waals surface area contributed by atoms with Gasteiger partial charge in [-0.15, -0.1) is 0 Å². The Bertz CT molecular complexity index is 900. The van der Waals surface area contributed by atoms with Crippen molar-refractivity contribution >= 4 is 24.1 Å². The molecule has 0 spiro atoms. The Morgan fingerprint density at radius 2 is 1.52 bits per heavy atom. The Labute approximate surface area is 157 Å². The molecule has 0 atom stereocenters. The Balaban J connectivity index is 1.94. The van der Waals surface area contributed by atoms with Crippen LogP contribution < -0.4 is 15.4 Å². The Kier molecular flexibility index (Phi) is 5.47. The average molecular weight is 361 g/mol. The second-order valence-corrected chi connectivity index (χ2v) is 5.73. The molecule has 1 heterocycles. The summed E-state index contributed by atoms with van der Waals surface area (Å²) in [5.41, 5.74) is 2.41. The predicted molar refractivity (Wildman–Crippen MR) is 105 cm³/mol. The summed E-state index contributed by atoms with van der Waals surface area (Å²) in [4.78, 5) is 27.9. The lowest BCUT2D eigenvalue weighted by atomic mass is 9.92. The molecule has 0 saturated heterocycles. The van der Waals surface area contributed by atoms with Gasteiger partial charge >= 0.3 is 0 Å². The molecule has 0 aromatic heterocycles. The minimum absolute atomic E-state index is 0.202. The molecule has 0 fully saturated rings. The Morgan fingerprint density at radius 1 is 0.963 bits per heavy atom. The summed E-state index contributed by atoms with van der Waals surface area (Å²) >= 11 is 0. The molecule has 1 aliphatic rings. The van der Waals surface area contributed by atoms with Crippen LogP contribution >= 0.6 is 0 Å². The molecule has 0 unspecified atom stereocenters. The first kappa shape index (κ1) is 18.1. The third-order valence-corrected chi connectivity index (χ3v) is 4.04. The smallest absolute Gasteiger partial charge is 0.270 e. The van der Waals surface area contributed by atoms with Crippen LogP contribution in [0.4, 0.5) is 0 Å². The monoisotopic (exact) mass is 361 g/mol. The molecule has 0 radical (unpaired) electrons. The Morgan fingerprint density at radius 3 is 2.07 bits per heavy atom. The number of ether oxygens (including phenoxy) is 1. The number of amides is 2. The fourth-order valence-electron chi connectivity index (χ4n) is 2.83. The van der Waals surface area contributed by atoms with E-state index in [0.29, 0.717) is 17.1 Å². The maximum Gasteiger partial charge on any atom is 0.270 e. The summed E-state index contributed by atoms with van der Waals surface area (Å²) in [6.07, 6.45) is 1.18. The standard InChI is InChI=1S/C21H19N3O3/c1-3-18(25)23-12-13-24-21(26)20(22-2)19-14-8-4-6-10-16(14)27-17-11-7-5-9-15(17)19/h3-11H,1-2,12-13H2,(H,23,25)(H,24,26).